The number of piperidine rings is 1. The van der Waals surface area contributed by atoms with Gasteiger partial charge in [-0.05, 0) is 26.0 Å². The number of likely N-dealkylation sites (tertiary alicyclic amines) is 1. The van der Waals surface area contributed by atoms with Gasteiger partial charge in [0.15, 0.2) is 0 Å². The summed E-state index contributed by atoms with van der Waals surface area (Å²) in [4.78, 5) is 2.34. The highest BCUT2D eigenvalue weighted by atomic mass is 15.2. The molecule has 2 heterocycles. The highest BCUT2D eigenvalue weighted by Gasteiger charge is 2.32. The Kier molecular flexibility index (Phi) is 1.53. The third-order valence-electron chi connectivity index (χ3n) is 2.56. The van der Waals surface area contributed by atoms with Crippen LogP contribution in [-0.2, 0) is 0 Å². The average molecular weight is 151 g/mol. The van der Waals surface area contributed by atoms with E-state index in [9.17, 15) is 0 Å². The second-order valence-electron chi connectivity index (χ2n) is 3.44. The highest BCUT2D eigenvalue weighted by molar-refractivity contribution is 5.11. The Morgan fingerprint density at radius 3 is 2.64 bits per heavy atom. The average Bonchev–Trinajstić information content (AvgIpc) is 2.45. The van der Waals surface area contributed by atoms with Crippen LogP contribution in [0, 0.1) is 0 Å². The fourth-order valence-corrected chi connectivity index (χ4v) is 1.63. The minimum atomic E-state index is 0.0898. The van der Waals surface area contributed by atoms with E-state index in [0.717, 1.165) is 25.9 Å². The Morgan fingerprint density at radius 2 is 2.09 bits per heavy atom. The quantitative estimate of drug-likeness (QED) is 0.514. The van der Waals surface area contributed by atoms with Crippen LogP contribution in [0.25, 0.3) is 0 Å². The lowest BCUT2D eigenvalue weighted by Gasteiger charge is -2.32. The van der Waals surface area contributed by atoms with Gasteiger partial charge in [0.2, 0.25) is 0 Å². The van der Waals surface area contributed by atoms with Crippen molar-refractivity contribution < 1.29 is 0 Å². The molecule has 2 aliphatic heterocycles. The van der Waals surface area contributed by atoms with Gasteiger partial charge in [-0.3, -0.25) is 0 Å². The first-order valence-corrected chi connectivity index (χ1v) is 4.09. The molecule has 0 aromatic carbocycles. The second kappa shape index (κ2) is 2.41. The first-order chi connectivity index (χ1) is 5.31. The van der Waals surface area contributed by atoms with Gasteiger partial charge in [-0.25, -0.2) is 0 Å². The van der Waals surface area contributed by atoms with Crippen molar-refractivity contribution >= 4 is 0 Å². The van der Waals surface area contributed by atoms with E-state index in [1.807, 2.05) is 6.20 Å². The van der Waals surface area contributed by atoms with Crippen LogP contribution in [-0.4, -0.2) is 30.6 Å². The lowest BCUT2D eigenvalue weighted by atomic mass is 9.89. The molecule has 11 heavy (non-hydrogen) atoms. The van der Waals surface area contributed by atoms with Gasteiger partial charge in [-0.15, -0.1) is 0 Å². The van der Waals surface area contributed by atoms with Gasteiger partial charge in [0, 0.05) is 19.3 Å². The Labute approximate surface area is 66.8 Å². The van der Waals surface area contributed by atoms with Gasteiger partial charge in [-0.2, -0.15) is 10.2 Å². The number of azo groups is 1. The molecule has 0 radical (unpaired) electrons. The summed E-state index contributed by atoms with van der Waals surface area (Å²) in [6.45, 7) is 2.28. The summed E-state index contributed by atoms with van der Waals surface area (Å²) < 4.78 is 0. The Hall–Kier alpha value is -0.700. The lowest BCUT2D eigenvalue weighted by Crippen LogP contribution is -2.39. The molecular weight excluding hydrogens is 138 g/mol. The zero-order valence-corrected chi connectivity index (χ0v) is 6.82. The highest BCUT2D eigenvalue weighted by Crippen LogP contribution is 2.30. The molecule has 1 fully saturated rings. The number of hydrogen-bond acceptors (Lipinski definition) is 3. The van der Waals surface area contributed by atoms with Crippen LogP contribution in [0.4, 0.5) is 0 Å². The molecule has 3 heteroatoms. The number of nitrogens with zero attached hydrogens (tertiary/aromatic N) is 3. The first kappa shape index (κ1) is 6.98. The molecule has 0 saturated carbocycles. The topological polar surface area (TPSA) is 28.0 Å². The van der Waals surface area contributed by atoms with Crippen molar-refractivity contribution in [2.24, 2.45) is 10.2 Å². The predicted octanol–water partition coefficient (Wildman–Crippen LogP) is 1.43. The van der Waals surface area contributed by atoms with Crippen LogP contribution < -0.4 is 0 Å². The Bertz CT molecular complexity index is 185. The molecule has 1 saturated heterocycles. The smallest absolute Gasteiger partial charge is 0.104 e. The van der Waals surface area contributed by atoms with Crippen LogP contribution >= 0.6 is 0 Å². The molecule has 0 aromatic rings. The van der Waals surface area contributed by atoms with Crippen molar-refractivity contribution in [3.8, 4) is 0 Å². The van der Waals surface area contributed by atoms with Gasteiger partial charge < -0.3 is 4.90 Å². The Balaban J connectivity index is 2.06. The Morgan fingerprint density at radius 1 is 1.36 bits per heavy atom. The number of rotatable bonds is 0. The summed E-state index contributed by atoms with van der Waals surface area (Å²) in [7, 11) is 2.16. The maximum atomic E-state index is 4.25. The van der Waals surface area contributed by atoms with Crippen LogP contribution in [0.5, 0.6) is 0 Å². The van der Waals surface area contributed by atoms with E-state index in [1.165, 1.54) is 0 Å². The van der Waals surface area contributed by atoms with Crippen LogP contribution in [0.1, 0.15) is 12.8 Å². The van der Waals surface area contributed by atoms with Crippen molar-refractivity contribution in [1.29, 1.82) is 0 Å². The monoisotopic (exact) mass is 151 g/mol. The fraction of sp³-hybridized carbons (Fsp3) is 0.750. The van der Waals surface area contributed by atoms with E-state index in [4.69, 9.17) is 0 Å². The number of hydrogen-bond donors (Lipinski definition) is 0. The molecule has 3 nitrogen and oxygen atoms in total. The summed E-state index contributed by atoms with van der Waals surface area (Å²) in [6.07, 6.45) is 6.22. The maximum absolute atomic E-state index is 4.25. The summed E-state index contributed by atoms with van der Waals surface area (Å²) in [5.74, 6) is 0. The van der Waals surface area contributed by atoms with Crippen molar-refractivity contribution in [3.05, 3.63) is 12.3 Å². The van der Waals surface area contributed by atoms with E-state index < -0.39 is 0 Å². The molecule has 2 aliphatic rings. The molecule has 0 atom stereocenters. The van der Waals surface area contributed by atoms with Crippen LogP contribution in [0.3, 0.4) is 0 Å². The standard InChI is InChI=1S/C8H13N3/c1-11-6-3-8(4-7-11)2-5-9-10-8/h2,5H,3-4,6-7H2,1H3. The molecule has 0 bridgehead atoms. The van der Waals surface area contributed by atoms with Crippen molar-refractivity contribution in [2.75, 3.05) is 20.1 Å². The molecule has 1 spiro atoms. The van der Waals surface area contributed by atoms with Crippen molar-refractivity contribution in [1.82, 2.24) is 4.90 Å². The van der Waals surface area contributed by atoms with E-state index >= 15 is 0 Å². The largest absolute Gasteiger partial charge is 0.306 e. The molecule has 60 valence electrons. The molecular formula is C8H13N3. The summed E-state index contributed by atoms with van der Waals surface area (Å²) in [5.41, 5.74) is 0.0898. The van der Waals surface area contributed by atoms with Gasteiger partial charge in [0.05, 0.1) is 0 Å². The summed E-state index contributed by atoms with van der Waals surface area (Å²) in [5, 5.41) is 8.16. The van der Waals surface area contributed by atoms with Crippen molar-refractivity contribution in [2.45, 2.75) is 18.4 Å². The van der Waals surface area contributed by atoms with Crippen LogP contribution in [0.15, 0.2) is 22.5 Å². The first-order valence-electron chi connectivity index (χ1n) is 4.09. The molecule has 0 unspecified atom stereocenters. The second-order valence-corrected chi connectivity index (χ2v) is 3.44. The normalized spacial score (nSPS) is 28.5. The van der Waals surface area contributed by atoms with Gasteiger partial charge in [0.1, 0.15) is 5.54 Å². The minimum Gasteiger partial charge on any atom is -0.306 e. The van der Waals surface area contributed by atoms with Crippen molar-refractivity contribution in [3.63, 3.8) is 0 Å². The maximum Gasteiger partial charge on any atom is 0.104 e. The van der Waals surface area contributed by atoms with Gasteiger partial charge >= 0.3 is 0 Å². The molecule has 2 rings (SSSR count). The fourth-order valence-electron chi connectivity index (χ4n) is 1.63. The van der Waals surface area contributed by atoms with Crippen LogP contribution in [0.2, 0.25) is 0 Å². The molecule has 0 aliphatic carbocycles. The zero-order valence-electron chi connectivity index (χ0n) is 6.82. The van der Waals surface area contributed by atoms with Gasteiger partial charge in [-0.1, -0.05) is 0 Å². The summed E-state index contributed by atoms with van der Waals surface area (Å²) in [6, 6.07) is 0. The predicted molar refractivity (Wildman–Crippen MR) is 43.5 cm³/mol. The van der Waals surface area contributed by atoms with E-state index in [0.29, 0.717) is 0 Å². The third kappa shape index (κ3) is 1.20. The van der Waals surface area contributed by atoms with E-state index in [1.54, 1.807) is 0 Å². The SMILES string of the molecule is CN1CCC2(C=CN=N2)CC1. The molecule has 0 aromatic heterocycles. The zero-order chi connectivity index (χ0) is 7.73. The van der Waals surface area contributed by atoms with E-state index in [-0.39, 0.29) is 5.54 Å². The summed E-state index contributed by atoms with van der Waals surface area (Å²) >= 11 is 0. The third-order valence-corrected chi connectivity index (χ3v) is 2.56. The lowest BCUT2D eigenvalue weighted by molar-refractivity contribution is 0.220. The molecule has 0 N–H and O–H groups in total. The van der Waals surface area contributed by atoms with Gasteiger partial charge in [0.25, 0.3) is 0 Å². The molecule has 0 amide bonds. The minimum absolute atomic E-state index is 0.0898. The van der Waals surface area contributed by atoms with E-state index in [2.05, 4.69) is 28.3 Å².